The van der Waals surface area contributed by atoms with Crippen molar-refractivity contribution >= 4 is 32.7 Å². The SMILES string of the molecule is Cc1nc(N[C@H](C)c2cccc(C(F)(F)F)c2)c2cc(Br)ccc2n1. The van der Waals surface area contributed by atoms with Crippen LogP contribution >= 0.6 is 15.9 Å². The van der Waals surface area contributed by atoms with Crippen molar-refractivity contribution in [2.45, 2.75) is 26.1 Å². The van der Waals surface area contributed by atoms with Gasteiger partial charge in [-0.2, -0.15) is 13.2 Å². The van der Waals surface area contributed by atoms with Gasteiger partial charge >= 0.3 is 6.18 Å². The van der Waals surface area contributed by atoms with Gasteiger partial charge < -0.3 is 5.32 Å². The number of alkyl halides is 3. The Morgan fingerprint density at radius 2 is 1.84 bits per heavy atom. The van der Waals surface area contributed by atoms with Crippen molar-refractivity contribution in [2.75, 3.05) is 5.32 Å². The van der Waals surface area contributed by atoms with Crippen molar-refractivity contribution in [3.05, 3.63) is 63.9 Å². The summed E-state index contributed by atoms with van der Waals surface area (Å²) in [6, 6.07) is 10.6. The summed E-state index contributed by atoms with van der Waals surface area (Å²) in [7, 11) is 0. The molecule has 0 unspecified atom stereocenters. The third-order valence-electron chi connectivity index (χ3n) is 3.84. The minimum absolute atomic E-state index is 0.348. The quantitative estimate of drug-likeness (QED) is 0.585. The van der Waals surface area contributed by atoms with E-state index in [9.17, 15) is 13.2 Å². The maximum atomic E-state index is 12.9. The van der Waals surface area contributed by atoms with E-state index in [4.69, 9.17) is 0 Å². The first-order valence-corrected chi connectivity index (χ1v) is 8.41. The molecule has 1 heterocycles. The molecule has 0 aliphatic carbocycles. The van der Waals surface area contributed by atoms with Crippen LogP contribution in [0.2, 0.25) is 0 Å². The summed E-state index contributed by atoms with van der Waals surface area (Å²) < 4.78 is 39.6. The number of fused-ring (bicyclic) bond motifs is 1. The van der Waals surface area contributed by atoms with E-state index >= 15 is 0 Å². The second kappa shape index (κ2) is 6.63. The highest BCUT2D eigenvalue weighted by molar-refractivity contribution is 9.10. The van der Waals surface area contributed by atoms with Crippen LogP contribution in [0.4, 0.5) is 19.0 Å². The summed E-state index contributed by atoms with van der Waals surface area (Å²) in [6.07, 6.45) is -4.36. The number of nitrogens with one attached hydrogen (secondary N) is 1. The lowest BCUT2D eigenvalue weighted by molar-refractivity contribution is -0.137. The Morgan fingerprint density at radius 1 is 1.08 bits per heavy atom. The van der Waals surface area contributed by atoms with Crippen LogP contribution in [0, 0.1) is 6.92 Å². The highest BCUT2D eigenvalue weighted by atomic mass is 79.9. The minimum atomic E-state index is -4.36. The van der Waals surface area contributed by atoms with Crippen LogP contribution < -0.4 is 5.32 Å². The first-order valence-electron chi connectivity index (χ1n) is 7.61. The topological polar surface area (TPSA) is 37.8 Å². The number of benzene rings is 2. The van der Waals surface area contributed by atoms with E-state index in [1.54, 1.807) is 19.9 Å². The van der Waals surface area contributed by atoms with Crippen LogP contribution in [0.3, 0.4) is 0 Å². The normalized spacial score (nSPS) is 13.0. The average Bonchev–Trinajstić information content (AvgIpc) is 2.55. The van der Waals surface area contributed by atoms with Gasteiger partial charge in [-0.25, -0.2) is 9.97 Å². The molecule has 7 heteroatoms. The largest absolute Gasteiger partial charge is 0.416 e. The van der Waals surface area contributed by atoms with Gasteiger partial charge in [0.1, 0.15) is 11.6 Å². The summed E-state index contributed by atoms with van der Waals surface area (Å²) >= 11 is 3.42. The molecule has 1 aromatic heterocycles. The number of halogens is 4. The number of aromatic nitrogens is 2. The number of anilines is 1. The molecule has 0 saturated carbocycles. The zero-order valence-electron chi connectivity index (χ0n) is 13.5. The molecule has 25 heavy (non-hydrogen) atoms. The molecule has 0 aliphatic heterocycles. The van der Waals surface area contributed by atoms with Gasteiger partial charge in [-0.15, -0.1) is 0 Å². The Bertz CT molecular complexity index is 925. The molecule has 2 aromatic carbocycles. The van der Waals surface area contributed by atoms with E-state index in [1.807, 2.05) is 18.2 Å². The van der Waals surface area contributed by atoms with Gasteiger partial charge in [0.15, 0.2) is 0 Å². The summed E-state index contributed by atoms with van der Waals surface area (Å²) in [5, 5.41) is 4.01. The van der Waals surface area contributed by atoms with Crippen molar-refractivity contribution in [3.63, 3.8) is 0 Å². The molecule has 0 aliphatic rings. The van der Waals surface area contributed by atoms with Gasteiger partial charge in [0.2, 0.25) is 0 Å². The fraction of sp³-hybridized carbons (Fsp3) is 0.222. The van der Waals surface area contributed by atoms with Crippen LogP contribution in [0.1, 0.15) is 29.9 Å². The fourth-order valence-electron chi connectivity index (χ4n) is 2.60. The van der Waals surface area contributed by atoms with Crippen LogP contribution in [-0.2, 0) is 6.18 Å². The molecular weight excluding hydrogens is 395 g/mol. The van der Waals surface area contributed by atoms with Crippen LogP contribution in [0.5, 0.6) is 0 Å². The lowest BCUT2D eigenvalue weighted by Crippen LogP contribution is -2.11. The molecule has 3 rings (SSSR count). The maximum Gasteiger partial charge on any atom is 0.416 e. The van der Waals surface area contributed by atoms with Crippen LogP contribution in [0.15, 0.2) is 46.9 Å². The molecule has 3 nitrogen and oxygen atoms in total. The number of hydrogen-bond acceptors (Lipinski definition) is 3. The number of nitrogens with zero attached hydrogens (tertiary/aromatic N) is 2. The Kier molecular flexibility index (Phi) is 4.69. The van der Waals surface area contributed by atoms with Crippen molar-refractivity contribution < 1.29 is 13.2 Å². The molecule has 0 fully saturated rings. The number of hydrogen-bond donors (Lipinski definition) is 1. The summed E-state index contributed by atoms with van der Waals surface area (Å²) in [5.41, 5.74) is 0.647. The molecule has 1 atom stereocenters. The predicted octanol–water partition coefficient (Wildman–Crippen LogP) is 5.89. The van der Waals surface area contributed by atoms with Gasteiger partial charge in [0.25, 0.3) is 0 Å². The number of aryl methyl sites for hydroxylation is 1. The third kappa shape index (κ3) is 3.92. The lowest BCUT2D eigenvalue weighted by atomic mass is 10.0. The van der Waals surface area contributed by atoms with E-state index in [0.717, 1.165) is 27.5 Å². The molecule has 0 amide bonds. The molecular formula is C18H15BrF3N3. The zero-order valence-corrected chi connectivity index (χ0v) is 15.1. The predicted molar refractivity (Wildman–Crippen MR) is 95.5 cm³/mol. The van der Waals surface area contributed by atoms with E-state index in [2.05, 4.69) is 31.2 Å². The number of rotatable bonds is 3. The lowest BCUT2D eigenvalue weighted by Gasteiger charge is -2.18. The van der Waals surface area contributed by atoms with Gasteiger partial charge in [0.05, 0.1) is 11.1 Å². The first kappa shape index (κ1) is 17.7. The Morgan fingerprint density at radius 3 is 2.56 bits per heavy atom. The van der Waals surface area contributed by atoms with Crippen molar-refractivity contribution in [2.24, 2.45) is 0 Å². The van der Waals surface area contributed by atoms with E-state index in [0.29, 0.717) is 17.2 Å². The zero-order chi connectivity index (χ0) is 18.2. The first-order chi connectivity index (χ1) is 11.7. The van der Waals surface area contributed by atoms with Crippen molar-refractivity contribution in [1.82, 2.24) is 9.97 Å². The Balaban J connectivity index is 1.97. The highest BCUT2D eigenvalue weighted by Gasteiger charge is 2.30. The molecule has 130 valence electrons. The summed E-state index contributed by atoms with van der Waals surface area (Å²) in [5.74, 6) is 1.18. The van der Waals surface area contributed by atoms with Gasteiger partial charge in [-0.1, -0.05) is 28.1 Å². The minimum Gasteiger partial charge on any atom is -0.363 e. The third-order valence-corrected chi connectivity index (χ3v) is 4.33. The highest BCUT2D eigenvalue weighted by Crippen LogP contribution is 2.32. The standard InChI is InChI=1S/C18H15BrF3N3/c1-10(12-4-3-5-13(8-12)18(20,21)22)23-17-15-9-14(19)6-7-16(15)24-11(2)25-17/h3-10H,1-2H3,(H,23,24,25)/t10-/m1/s1. The molecule has 0 radical (unpaired) electrons. The smallest absolute Gasteiger partial charge is 0.363 e. The summed E-state index contributed by atoms with van der Waals surface area (Å²) in [6.45, 7) is 3.58. The van der Waals surface area contributed by atoms with Gasteiger partial charge in [-0.05, 0) is 49.7 Å². The molecule has 1 N–H and O–H groups in total. The van der Waals surface area contributed by atoms with Crippen molar-refractivity contribution in [1.29, 1.82) is 0 Å². The van der Waals surface area contributed by atoms with Crippen LogP contribution in [0.25, 0.3) is 10.9 Å². The van der Waals surface area contributed by atoms with Gasteiger partial charge in [0, 0.05) is 15.9 Å². The van der Waals surface area contributed by atoms with E-state index < -0.39 is 11.7 Å². The summed E-state index contributed by atoms with van der Waals surface area (Å²) in [4.78, 5) is 8.80. The molecule has 0 saturated heterocycles. The van der Waals surface area contributed by atoms with Crippen molar-refractivity contribution in [3.8, 4) is 0 Å². The van der Waals surface area contributed by atoms with Gasteiger partial charge in [-0.3, -0.25) is 0 Å². The Labute approximate surface area is 151 Å². The maximum absolute atomic E-state index is 12.9. The second-order valence-electron chi connectivity index (χ2n) is 5.77. The molecule has 0 bridgehead atoms. The van der Waals surface area contributed by atoms with E-state index in [-0.39, 0.29) is 6.04 Å². The monoisotopic (exact) mass is 409 g/mol. The average molecular weight is 410 g/mol. The molecule has 0 spiro atoms. The fourth-order valence-corrected chi connectivity index (χ4v) is 2.96. The Hall–Kier alpha value is -2.15. The second-order valence-corrected chi connectivity index (χ2v) is 6.69. The molecule has 3 aromatic rings. The van der Waals surface area contributed by atoms with E-state index in [1.165, 1.54) is 6.07 Å². The van der Waals surface area contributed by atoms with Crippen LogP contribution in [-0.4, -0.2) is 9.97 Å².